The molecule has 0 amide bonds. The Morgan fingerprint density at radius 2 is 1.41 bits per heavy atom. The zero-order chi connectivity index (χ0) is 20.4. The van der Waals surface area contributed by atoms with Gasteiger partial charge in [0.05, 0.1) is 5.60 Å². The topological polar surface area (TPSA) is 20.2 Å². The lowest BCUT2D eigenvalue weighted by Gasteiger charge is -2.25. The molecule has 0 saturated carbocycles. The first-order valence-corrected chi connectivity index (χ1v) is 10.3. The quantitative estimate of drug-likeness (QED) is 0.396. The minimum absolute atomic E-state index is 0.0403. The lowest BCUT2D eigenvalue weighted by Crippen LogP contribution is -2.17. The predicted octanol–water partition coefficient (Wildman–Crippen LogP) is 7.04. The van der Waals surface area contributed by atoms with Crippen LogP contribution in [-0.2, 0) is 11.0 Å². The molecule has 0 aromatic heterocycles. The lowest BCUT2D eigenvalue weighted by atomic mass is 9.80. The molecule has 1 aliphatic carbocycles. The highest BCUT2D eigenvalue weighted by Gasteiger charge is 2.35. The van der Waals surface area contributed by atoms with Crippen LogP contribution in [0.5, 0.6) is 0 Å². The average molecular weight is 379 g/mol. The van der Waals surface area contributed by atoms with E-state index in [1.807, 2.05) is 13.8 Å². The summed E-state index contributed by atoms with van der Waals surface area (Å²) in [5.74, 6) is 0. The van der Waals surface area contributed by atoms with Crippen molar-refractivity contribution in [2.45, 2.75) is 38.7 Å². The van der Waals surface area contributed by atoms with Gasteiger partial charge in [-0.05, 0) is 69.6 Å². The summed E-state index contributed by atoms with van der Waals surface area (Å²) in [5.41, 5.74) is 7.68. The van der Waals surface area contributed by atoms with Gasteiger partial charge in [0.1, 0.15) is 0 Å². The SMILES string of the molecule is CC(C)(O)c1ccc2ccccc2c1-c1ccc2c(c1)C(C)(C)c1ccccc1-2. The Kier molecular flexibility index (Phi) is 3.78. The van der Waals surface area contributed by atoms with Gasteiger partial charge in [0.15, 0.2) is 0 Å². The Morgan fingerprint density at radius 1 is 0.724 bits per heavy atom. The molecule has 5 rings (SSSR count). The van der Waals surface area contributed by atoms with E-state index in [0.717, 1.165) is 11.1 Å². The van der Waals surface area contributed by atoms with Gasteiger partial charge >= 0.3 is 0 Å². The Morgan fingerprint density at radius 3 is 2.21 bits per heavy atom. The van der Waals surface area contributed by atoms with Crippen molar-refractivity contribution >= 4 is 10.8 Å². The van der Waals surface area contributed by atoms with E-state index in [1.165, 1.54) is 38.6 Å². The average Bonchev–Trinajstić information content (AvgIpc) is 2.94. The zero-order valence-electron chi connectivity index (χ0n) is 17.5. The second-order valence-electron chi connectivity index (χ2n) is 9.20. The highest BCUT2D eigenvalue weighted by Crippen LogP contribution is 2.50. The van der Waals surface area contributed by atoms with Crippen molar-refractivity contribution in [3.63, 3.8) is 0 Å². The first-order valence-electron chi connectivity index (χ1n) is 10.3. The van der Waals surface area contributed by atoms with E-state index in [9.17, 15) is 5.11 Å². The molecule has 0 saturated heterocycles. The fourth-order valence-electron chi connectivity index (χ4n) is 4.95. The summed E-state index contributed by atoms with van der Waals surface area (Å²) in [4.78, 5) is 0. The van der Waals surface area contributed by atoms with E-state index < -0.39 is 5.60 Å². The monoisotopic (exact) mass is 378 g/mol. The van der Waals surface area contributed by atoms with Gasteiger partial charge in [0.25, 0.3) is 0 Å². The maximum atomic E-state index is 10.9. The van der Waals surface area contributed by atoms with Crippen molar-refractivity contribution < 1.29 is 5.11 Å². The van der Waals surface area contributed by atoms with Gasteiger partial charge in [0.2, 0.25) is 0 Å². The summed E-state index contributed by atoms with van der Waals surface area (Å²) in [6.07, 6.45) is 0. The molecule has 1 N–H and O–H groups in total. The molecule has 1 aliphatic rings. The standard InChI is InChI=1S/C28H26O/c1-27(2)23-12-8-7-11-21(23)22-15-13-19(17-25(22)27)26-20-10-6-5-9-18(20)14-16-24(26)28(3,4)29/h5-17,29H,1-4H3. The van der Waals surface area contributed by atoms with E-state index in [1.54, 1.807) is 0 Å². The van der Waals surface area contributed by atoms with Gasteiger partial charge < -0.3 is 5.11 Å². The molecule has 0 bridgehead atoms. The second-order valence-corrected chi connectivity index (χ2v) is 9.20. The normalized spacial score (nSPS) is 14.7. The Balaban J connectivity index is 1.82. The highest BCUT2D eigenvalue weighted by atomic mass is 16.3. The fraction of sp³-hybridized carbons (Fsp3) is 0.214. The summed E-state index contributed by atoms with van der Waals surface area (Å²) < 4.78 is 0. The second kappa shape index (κ2) is 6.05. The Bertz CT molecular complexity index is 1260. The van der Waals surface area contributed by atoms with Crippen molar-refractivity contribution in [3.8, 4) is 22.3 Å². The fourth-order valence-corrected chi connectivity index (χ4v) is 4.95. The number of fused-ring (bicyclic) bond motifs is 4. The van der Waals surface area contributed by atoms with E-state index in [4.69, 9.17) is 0 Å². The molecule has 4 aromatic carbocycles. The summed E-state index contributed by atoms with van der Waals surface area (Å²) in [6, 6.07) is 28.2. The molecular formula is C28H26O. The van der Waals surface area contributed by atoms with Crippen LogP contribution in [0.4, 0.5) is 0 Å². The number of aliphatic hydroxyl groups is 1. The molecular weight excluding hydrogens is 352 g/mol. The van der Waals surface area contributed by atoms with Crippen LogP contribution >= 0.6 is 0 Å². The van der Waals surface area contributed by atoms with Crippen LogP contribution in [0.1, 0.15) is 44.4 Å². The Labute approximate surface area is 172 Å². The first-order chi connectivity index (χ1) is 13.8. The minimum atomic E-state index is -0.920. The minimum Gasteiger partial charge on any atom is -0.386 e. The maximum Gasteiger partial charge on any atom is 0.0846 e. The van der Waals surface area contributed by atoms with Crippen molar-refractivity contribution in [2.75, 3.05) is 0 Å². The molecule has 0 aliphatic heterocycles. The van der Waals surface area contributed by atoms with Crippen LogP contribution in [0.2, 0.25) is 0 Å². The molecule has 0 heterocycles. The van der Waals surface area contributed by atoms with Crippen molar-refractivity contribution in [3.05, 3.63) is 95.6 Å². The number of hydrogen-bond acceptors (Lipinski definition) is 1. The number of rotatable bonds is 2. The molecule has 29 heavy (non-hydrogen) atoms. The van der Waals surface area contributed by atoms with Crippen LogP contribution in [0.25, 0.3) is 33.0 Å². The molecule has 144 valence electrons. The maximum absolute atomic E-state index is 10.9. The third-order valence-electron chi connectivity index (χ3n) is 6.46. The van der Waals surface area contributed by atoms with Gasteiger partial charge in [-0.3, -0.25) is 0 Å². The number of benzene rings is 4. The molecule has 0 spiro atoms. The van der Waals surface area contributed by atoms with Gasteiger partial charge in [-0.15, -0.1) is 0 Å². The molecule has 1 heteroatoms. The summed E-state index contributed by atoms with van der Waals surface area (Å²) in [7, 11) is 0. The van der Waals surface area contributed by atoms with Gasteiger partial charge in [-0.1, -0.05) is 86.6 Å². The lowest BCUT2D eigenvalue weighted by molar-refractivity contribution is 0.0793. The number of hydrogen-bond donors (Lipinski definition) is 1. The smallest absolute Gasteiger partial charge is 0.0846 e. The van der Waals surface area contributed by atoms with Gasteiger partial charge in [0, 0.05) is 5.41 Å². The van der Waals surface area contributed by atoms with Crippen LogP contribution in [0.3, 0.4) is 0 Å². The van der Waals surface area contributed by atoms with Crippen LogP contribution in [0.15, 0.2) is 78.9 Å². The first kappa shape index (κ1) is 18.1. The van der Waals surface area contributed by atoms with Crippen molar-refractivity contribution in [2.24, 2.45) is 0 Å². The Hall–Kier alpha value is -2.90. The highest BCUT2D eigenvalue weighted by molar-refractivity contribution is 5.99. The largest absolute Gasteiger partial charge is 0.386 e. The van der Waals surface area contributed by atoms with Crippen molar-refractivity contribution in [1.82, 2.24) is 0 Å². The summed E-state index contributed by atoms with van der Waals surface area (Å²) >= 11 is 0. The van der Waals surface area contributed by atoms with Crippen molar-refractivity contribution in [1.29, 1.82) is 0 Å². The van der Waals surface area contributed by atoms with E-state index in [-0.39, 0.29) is 5.41 Å². The molecule has 0 unspecified atom stereocenters. The van der Waals surface area contributed by atoms with E-state index in [0.29, 0.717) is 0 Å². The summed E-state index contributed by atoms with van der Waals surface area (Å²) in [6.45, 7) is 8.35. The molecule has 4 aromatic rings. The molecule has 0 fully saturated rings. The third kappa shape index (κ3) is 2.65. The van der Waals surface area contributed by atoms with Gasteiger partial charge in [-0.2, -0.15) is 0 Å². The van der Waals surface area contributed by atoms with Crippen LogP contribution in [0, 0.1) is 0 Å². The van der Waals surface area contributed by atoms with Crippen LogP contribution < -0.4 is 0 Å². The third-order valence-corrected chi connectivity index (χ3v) is 6.46. The van der Waals surface area contributed by atoms with E-state index >= 15 is 0 Å². The molecule has 0 atom stereocenters. The molecule has 0 radical (unpaired) electrons. The predicted molar refractivity (Wildman–Crippen MR) is 122 cm³/mol. The van der Waals surface area contributed by atoms with E-state index in [2.05, 4.69) is 92.7 Å². The van der Waals surface area contributed by atoms with Crippen LogP contribution in [-0.4, -0.2) is 5.11 Å². The van der Waals surface area contributed by atoms with Gasteiger partial charge in [-0.25, -0.2) is 0 Å². The zero-order valence-corrected chi connectivity index (χ0v) is 17.5. The summed E-state index contributed by atoms with van der Waals surface area (Å²) in [5, 5.41) is 13.3. The molecule has 1 nitrogen and oxygen atoms in total.